The summed E-state index contributed by atoms with van der Waals surface area (Å²) >= 11 is 1.66. The highest BCUT2D eigenvalue weighted by molar-refractivity contribution is 7.99. The predicted molar refractivity (Wildman–Crippen MR) is 121 cm³/mol. The number of hydrogen-bond acceptors (Lipinski definition) is 3. The summed E-state index contributed by atoms with van der Waals surface area (Å²) in [5, 5.41) is 3.04. The zero-order valence-electron chi connectivity index (χ0n) is 17.9. The Morgan fingerprint density at radius 1 is 1.00 bits per heavy atom. The Hall–Kier alpha value is -2.27. The maximum atomic E-state index is 13.1. The Morgan fingerprint density at radius 2 is 1.59 bits per heavy atom. The van der Waals surface area contributed by atoms with Gasteiger partial charge in [0.2, 0.25) is 11.8 Å². The van der Waals surface area contributed by atoms with Crippen LogP contribution in [0.3, 0.4) is 0 Å². The number of amides is 2. The van der Waals surface area contributed by atoms with Gasteiger partial charge in [-0.05, 0) is 44.9 Å². The van der Waals surface area contributed by atoms with E-state index in [-0.39, 0.29) is 17.4 Å². The smallest absolute Gasteiger partial charge is 0.243 e. The highest BCUT2D eigenvalue weighted by Gasteiger charge is 2.30. The monoisotopic (exact) mass is 412 g/mol. The minimum atomic E-state index is -0.483. The molecule has 0 saturated carbocycles. The summed E-state index contributed by atoms with van der Waals surface area (Å²) in [4.78, 5) is 28.9. The van der Waals surface area contributed by atoms with E-state index in [0.29, 0.717) is 25.1 Å². The molecule has 0 aromatic heterocycles. The second kappa shape index (κ2) is 11.1. The Labute approximate surface area is 179 Å². The topological polar surface area (TPSA) is 49.4 Å². The summed E-state index contributed by atoms with van der Waals surface area (Å²) in [6.45, 7) is 8.26. The second-order valence-electron chi connectivity index (χ2n) is 8.08. The van der Waals surface area contributed by atoms with Crippen LogP contribution in [-0.4, -0.2) is 34.0 Å². The van der Waals surface area contributed by atoms with Crippen molar-refractivity contribution in [1.82, 2.24) is 10.2 Å². The zero-order chi connectivity index (χ0) is 21.3. The summed E-state index contributed by atoms with van der Waals surface area (Å²) in [5.41, 5.74) is 0.688. The van der Waals surface area contributed by atoms with Crippen LogP contribution in [0.4, 0.5) is 0 Å². The number of rotatable bonds is 9. The van der Waals surface area contributed by atoms with Crippen LogP contribution in [0.5, 0.6) is 0 Å². The van der Waals surface area contributed by atoms with Crippen molar-refractivity contribution >= 4 is 23.6 Å². The zero-order valence-corrected chi connectivity index (χ0v) is 18.7. The molecule has 1 N–H and O–H groups in total. The second-order valence-corrected chi connectivity index (χ2v) is 9.25. The third-order valence-corrected chi connectivity index (χ3v) is 5.42. The van der Waals surface area contributed by atoms with Crippen LogP contribution >= 0.6 is 11.8 Å². The van der Waals surface area contributed by atoms with Crippen LogP contribution in [0.15, 0.2) is 65.6 Å². The van der Waals surface area contributed by atoms with Crippen molar-refractivity contribution in [3.8, 4) is 0 Å². The van der Waals surface area contributed by atoms with Crippen LogP contribution in [-0.2, 0) is 16.1 Å². The van der Waals surface area contributed by atoms with E-state index in [1.807, 2.05) is 88.4 Å². The molecule has 2 aromatic carbocycles. The molecule has 0 aliphatic heterocycles. The van der Waals surface area contributed by atoms with E-state index < -0.39 is 6.04 Å². The molecule has 0 aliphatic carbocycles. The molecule has 0 aliphatic rings. The molecule has 2 rings (SSSR count). The van der Waals surface area contributed by atoms with Gasteiger partial charge in [-0.15, -0.1) is 11.8 Å². The molecule has 0 bridgehead atoms. The lowest BCUT2D eigenvalue weighted by Gasteiger charge is -2.33. The van der Waals surface area contributed by atoms with Crippen molar-refractivity contribution < 1.29 is 9.59 Å². The average Bonchev–Trinajstić information content (AvgIpc) is 2.68. The molecule has 29 heavy (non-hydrogen) atoms. The fourth-order valence-electron chi connectivity index (χ4n) is 3.07. The van der Waals surface area contributed by atoms with E-state index in [4.69, 9.17) is 0 Å². The van der Waals surface area contributed by atoms with E-state index in [1.54, 1.807) is 16.7 Å². The third-order valence-electron chi connectivity index (χ3n) is 4.41. The van der Waals surface area contributed by atoms with Crippen molar-refractivity contribution in [1.29, 1.82) is 0 Å². The number of carbonyl (C=O) groups is 2. The Bertz CT molecular complexity index is 772. The Kier molecular flexibility index (Phi) is 8.77. The van der Waals surface area contributed by atoms with Crippen molar-refractivity contribution in [3.63, 3.8) is 0 Å². The molecule has 4 nitrogen and oxygen atoms in total. The fraction of sp³-hybridized carbons (Fsp3) is 0.417. The maximum absolute atomic E-state index is 13.1. The lowest BCUT2D eigenvalue weighted by molar-refractivity contribution is -0.141. The van der Waals surface area contributed by atoms with E-state index in [2.05, 4.69) is 5.32 Å². The summed E-state index contributed by atoms with van der Waals surface area (Å²) in [6, 6.07) is 19.4. The SMILES string of the molecule is CC[C@@H](C(=O)NC(C)(C)C)N(Cc1ccccc1)C(=O)CCSc1ccccc1. The van der Waals surface area contributed by atoms with Gasteiger partial charge in [0.05, 0.1) is 0 Å². The minimum Gasteiger partial charge on any atom is -0.350 e. The number of benzene rings is 2. The normalized spacial score (nSPS) is 12.3. The molecule has 1 atom stereocenters. The van der Waals surface area contributed by atoms with Crippen LogP contribution in [0.1, 0.15) is 46.1 Å². The number of thioether (sulfide) groups is 1. The van der Waals surface area contributed by atoms with Gasteiger partial charge < -0.3 is 10.2 Å². The van der Waals surface area contributed by atoms with Crippen LogP contribution < -0.4 is 5.32 Å². The van der Waals surface area contributed by atoms with Gasteiger partial charge in [0.25, 0.3) is 0 Å². The van der Waals surface area contributed by atoms with Gasteiger partial charge in [0.15, 0.2) is 0 Å². The average molecular weight is 413 g/mol. The molecule has 0 heterocycles. The quantitative estimate of drug-likeness (QED) is 0.597. The first kappa shape index (κ1) is 23.0. The summed E-state index contributed by atoms with van der Waals surface area (Å²) in [5.74, 6) is 0.596. The fourth-order valence-corrected chi connectivity index (χ4v) is 3.93. The van der Waals surface area contributed by atoms with Gasteiger partial charge in [0, 0.05) is 29.2 Å². The molecule has 0 spiro atoms. The Morgan fingerprint density at radius 3 is 2.14 bits per heavy atom. The molecule has 0 fully saturated rings. The lowest BCUT2D eigenvalue weighted by Crippen LogP contribution is -2.53. The highest BCUT2D eigenvalue weighted by Crippen LogP contribution is 2.20. The van der Waals surface area contributed by atoms with Gasteiger partial charge in [-0.3, -0.25) is 9.59 Å². The Balaban J connectivity index is 2.11. The van der Waals surface area contributed by atoms with Crippen molar-refractivity contribution in [3.05, 3.63) is 66.2 Å². The molecule has 0 saturated heterocycles. The molecule has 0 unspecified atom stereocenters. The van der Waals surface area contributed by atoms with Crippen LogP contribution in [0.25, 0.3) is 0 Å². The van der Waals surface area contributed by atoms with Crippen molar-refractivity contribution in [2.45, 2.75) is 63.6 Å². The van der Waals surface area contributed by atoms with Crippen LogP contribution in [0, 0.1) is 0 Å². The van der Waals surface area contributed by atoms with E-state index >= 15 is 0 Å². The van der Waals surface area contributed by atoms with Gasteiger partial charge in [-0.2, -0.15) is 0 Å². The van der Waals surface area contributed by atoms with Crippen molar-refractivity contribution in [2.75, 3.05) is 5.75 Å². The number of carbonyl (C=O) groups excluding carboxylic acids is 2. The predicted octanol–water partition coefficient (Wildman–Crippen LogP) is 4.89. The molecular formula is C24H32N2O2S. The highest BCUT2D eigenvalue weighted by atomic mass is 32.2. The number of nitrogens with one attached hydrogen (secondary N) is 1. The first-order valence-corrected chi connectivity index (χ1v) is 11.1. The lowest BCUT2D eigenvalue weighted by atomic mass is 10.1. The first-order valence-electron chi connectivity index (χ1n) is 10.1. The molecule has 5 heteroatoms. The number of hydrogen-bond donors (Lipinski definition) is 1. The molecule has 156 valence electrons. The third kappa shape index (κ3) is 7.94. The first-order chi connectivity index (χ1) is 13.8. The van der Waals surface area contributed by atoms with Gasteiger partial charge in [0.1, 0.15) is 6.04 Å². The largest absolute Gasteiger partial charge is 0.350 e. The van der Waals surface area contributed by atoms with E-state index in [1.165, 1.54) is 0 Å². The molecule has 2 aromatic rings. The summed E-state index contributed by atoms with van der Waals surface area (Å²) < 4.78 is 0. The molecule has 2 amide bonds. The maximum Gasteiger partial charge on any atom is 0.243 e. The van der Waals surface area contributed by atoms with E-state index in [0.717, 1.165) is 10.5 Å². The standard InChI is InChI=1S/C24H32N2O2S/c1-5-21(23(28)25-24(2,3)4)26(18-19-12-8-6-9-13-19)22(27)16-17-29-20-14-10-7-11-15-20/h6-15,21H,5,16-18H2,1-4H3,(H,25,28)/t21-/m0/s1. The molecular weight excluding hydrogens is 380 g/mol. The van der Waals surface area contributed by atoms with Gasteiger partial charge in [-0.25, -0.2) is 0 Å². The summed E-state index contributed by atoms with van der Waals surface area (Å²) in [7, 11) is 0. The molecule has 0 radical (unpaired) electrons. The van der Waals surface area contributed by atoms with Crippen LogP contribution in [0.2, 0.25) is 0 Å². The van der Waals surface area contributed by atoms with Gasteiger partial charge >= 0.3 is 0 Å². The summed E-state index contributed by atoms with van der Waals surface area (Å²) in [6.07, 6.45) is 0.970. The van der Waals surface area contributed by atoms with E-state index in [9.17, 15) is 9.59 Å². The van der Waals surface area contributed by atoms with Gasteiger partial charge in [-0.1, -0.05) is 55.5 Å². The minimum absolute atomic E-state index is 0.00759. The van der Waals surface area contributed by atoms with Crippen molar-refractivity contribution in [2.24, 2.45) is 0 Å². The number of nitrogens with zero attached hydrogens (tertiary/aromatic N) is 1.